The maximum atomic E-state index is 13.3. The Bertz CT molecular complexity index is 1280. The molecule has 154 valence electrons. The zero-order chi connectivity index (χ0) is 22.7. The van der Waals surface area contributed by atoms with Gasteiger partial charge >= 0.3 is 5.97 Å². The minimum Gasteiger partial charge on any atom is -0.489 e. The Kier molecular flexibility index (Phi) is 6.26. The van der Waals surface area contributed by atoms with E-state index in [1.165, 1.54) is 23.8 Å². The monoisotopic (exact) mass is 416 g/mol. The average Bonchev–Trinajstić information content (AvgIpc) is 2.76. The smallest absolute Gasteiger partial charge is 0.337 e. The number of nitriles is 1. The Morgan fingerprint density at radius 3 is 2.61 bits per heavy atom. The van der Waals surface area contributed by atoms with Crippen molar-refractivity contribution in [2.45, 2.75) is 20.5 Å². The van der Waals surface area contributed by atoms with Crippen LogP contribution in [0.4, 0.5) is 4.39 Å². The molecule has 1 aromatic heterocycles. The van der Waals surface area contributed by atoms with Crippen LogP contribution in [0.5, 0.6) is 5.75 Å². The maximum Gasteiger partial charge on any atom is 0.337 e. The highest BCUT2D eigenvalue weighted by atomic mass is 19.1. The fourth-order valence-electron chi connectivity index (χ4n) is 3.17. The number of benzene rings is 2. The van der Waals surface area contributed by atoms with Gasteiger partial charge < -0.3 is 9.47 Å². The van der Waals surface area contributed by atoms with E-state index < -0.39 is 17.3 Å². The van der Waals surface area contributed by atoms with Gasteiger partial charge in [-0.05, 0) is 49.7 Å². The van der Waals surface area contributed by atoms with E-state index in [0.29, 0.717) is 22.5 Å². The number of aromatic nitrogens is 1. The number of carbonyl (C=O) groups excluding carboxylic acids is 1. The molecule has 0 fully saturated rings. The first kappa shape index (κ1) is 21.8. The second kappa shape index (κ2) is 8.88. The van der Waals surface area contributed by atoms with Crippen molar-refractivity contribution in [3.8, 4) is 17.5 Å². The van der Waals surface area contributed by atoms with Crippen molar-refractivity contribution in [1.29, 1.82) is 5.26 Å². The Morgan fingerprint density at radius 1 is 1.19 bits per heavy atom. The van der Waals surface area contributed by atoms with Gasteiger partial charge in [0.05, 0.1) is 30.0 Å². The Hall–Kier alpha value is -3.86. The number of carbonyl (C=O) groups is 1. The highest BCUT2D eigenvalue weighted by Crippen LogP contribution is 2.20. The van der Waals surface area contributed by atoms with Crippen LogP contribution in [0.25, 0.3) is 5.69 Å². The second-order valence-electron chi connectivity index (χ2n) is 6.90. The molecule has 0 saturated carbocycles. The molecule has 0 aliphatic carbocycles. The predicted octanol–water partition coefficient (Wildman–Crippen LogP) is 2.62. The van der Waals surface area contributed by atoms with Gasteiger partial charge in [0.2, 0.25) is 0 Å². The molecule has 0 amide bonds. The van der Waals surface area contributed by atoms with Crippen molar-refractivity contribution in [3.05, 3.63) is 86.6 Å². The number of esters is 1. The van der Waals surface area contributed by atoms with Gasteiger partial charge in [0.1, 0.15) is 26.0 Å². The van der Waals surface area contributed by atoms with Crippen LogP contribution in [0.3, 0.4) is 0 Å². The summed E-state index contributed by atoms with van der Waals surface area (Å²) in [6, 6.07) is 12.2. The molecule has 2 radical (unpaired) electrons. The summed E-state index contributed by atoms with van der Waals surface area (Å²) >= 11 is 0. The zero-order valence-corrected chi connectivity index (χ0v) is 17.2. The predicted molar refractivity (Wildman–Crippen MR) is 114 cm³/mol. The molecule has 0 unspecified atom stereocenters. The quantitative estimate of drug-likeness (QED) is 0.472. The van der Waals surface area contributed by atoms with Crippen LogP contribution in [0, 0.1) is 31.0 Å². The lowest BCUT2D eigenvalue weighted by atomic mass is 9.95. The van der Waals surface area contributed by atoms with Crippen molar-refractivity contribution in [3.63, 3.8) is 0 Å². The Morgan fingerprint density at radius 2 is 1.94 bits per heavy atom. The molecule has 1 heterocycles. The third kappa shape index (κ3) is 4.36. The van der Waals surface area contributed by atoms with Crippen molar-refractivity contribution >= 4 is 19.3 Å². The number of methoxy groups -OCH3 is 1. The molecular formula is C23H18BFN2O4. The van der Waals surface area contributed by atoms with Gasteiger partial charge in [-0.15, -0.1) is 0 Å². The van der Waals surface area contributed by atoms with Crippen LogP contribution in [0.1, 0.15) is 32.7 Å². The molecule has 6 nitrogen and oxygen atoms in total. The number of ether oxygens (including phenoxy) is 2. The summed E-state index contributed by atoms with van der Waals surface area (Å²) in [5, 5.41) is 9.17. The third-order valence-corrected chi connectivity index (χ3v) is 4.84. The SMILES string of the molecule is [B]c1c(OCc2ccc(F)cc2C#N)cc(C)n(-c2cc(C(=O)OC)ccc2C)c1=O. The van der Waals surface area contributed by atoms with Gasteiger partial charge in [0, 0.05) is 16.7 Å². The first-order valence-electron chi connectivity index (χ1n) is 9.29. The van der Waals surface area contributed by atoms with Crippen molar-refractivity contribution in [1.82, 2.24) is 4.57 Å². The lowest BCUT2D eigenvalue weighted by molar-refractivity contribution is 0.0600. The van der Waals surface area contributed by atoms with E-state index in [0.717, 1.165) is 11.6 Å². The van der Waals surface area contributed by atoms with Crippen LogP contribution in [0.2, 0.25) is 0 Å². The number of pyridine rings is 1. The molecule has 31 heavy (non-hydrogen) atoms. The number of rotatable bonds is 5. The first-order chi connectivity index (χ1) is 14.8. The highest BCUT2D eigenvalue weighted by Gasteiger charge is 2.16. The molecule has 3 rings (SSSR count). The molecule has 0 N–H and O–H groups in total. The third-order valence-electron chi connectivity index (χ3n) is 4.84. The van der Waals surface area contributed by atoms with Gasteiger partial charge in [-0.1, -0.05) is 12.1 Å². The Labute approximate surface area is 179 Å². The number of nitrogens with zero attached hydrogens (tertiary/aromatic N) is 2. The summed E-state index contributed by atoms with van der Waals surface area (Å²) in [4.78, 5) is 24.9. The van der Waals surface area contributed by atoms with Gasteiger partial charge in [-0.25, -0.2) is 9.18 Å². The van der Waals surface area contributed by atoms with E-state index in [9.17, 15) is 14.0 Å². The fourth-order valence-corrected chi connectivity index (χ4v) is 3.17. The second-order valence-corrected chi connectivity index (χ2v) is 6.90. The summed E-state index contributed by atoms with van der Waals surface area (Å²) in [6.07, 6.45) is 0. The van der Waals surface area contributed by atoms with Crippen LogP contribution in [0.15, 0.2) is 47.3 Å². The Balaban J connectivity index is 2.00. The lowest BCUT2D eigenvalue weighted by Gasteiger charge is -2.18. The summed E-state index contributed by atoms with van der Waals surface area (Å²) in [5.74, 6) is -0.899. The largest absolute Gasteiger partial charge is 0.489 e. The van der Waals surface area contributed by atoms with Gasteiger partial charge in [-0.2, -0.15) is 5.26 Å². The molecule has 0 aliphatic rings. The van der Waals surface area contributed by atoms with Crippen molar-refractivity contribution in [2.24, 2.45) is 0 Å². The van der Waals surface area contributed by atoms with Crippen molar-refractivity contribution < 1.29 is 18.7 Å². The molecule has 0 spiro atoms. The van der Waals surface area contributed by atoms with Crippen LogP contribution in [-0.2, 0) is 11.3 Å². The standard InChI is InChI=1S/C23H18BFN2O4/c1-13-4-5-15(23(29)30-3)10-19(13)27-14(2)8-20(21(24)22(27)28)31-12-16-6-7-18(25)9-17(16)11-26/h4-10H,12H2,1-3H3. The first-order valence-corrected chi connectivity index (χ1v) is 9.29. The lowest BCUT2D eigenvalue weighted by Crippen LogP contribution is -2.36. The highest BCUT2D eigenvalue weighted by molar-refractivity contribution is 6.34. The fraction of sp³-hybridized carbons (Fsp3) is 0.174. The molecule has 2 aromatic carbocycles. The average molecular weight is 416 g/mol. The van der Waals surface area contributed by atoms with E-state index in [4.69, 9.17) is 22.6 Å². The van der Waals surface area contributed by atoms with E-state index in [-0.39, 0.29) is 23.4 Å². The molecule has 0 saturated heterocycles. The van der Waals surface area contributed by atoms with Gasteiger partial charge in [0.15, 0.2) is 0 Å². The normalized spacial score (nSPS) is 10.4. The van der Waals surface area contributed by atoms with Crippen molar-refractivity contribution in [2.75, 3.05) is 7.11 Å². The van der Waals surface area contributed by atoms with Gasteiger partial charge in [-0.3, -0.25) is 9.36 Å². The summed E-state index contributed by atoms with van der Waals surface area (Å²) < 4.78 is 25.1. The van der Waals surface area contributed by atoms with Crippen LogP contribution in [-0.4, -0.2) is 25.5 Å². The van der Waals surface area contributed by atoms with E-state index in [1.54, 1.807) is 38.1 Å². The molecule has 3 aromatic rings. The summed E-state index contributed by atoms with van der Waals surface area (Å²) in [7, 11) is 7.33. The maximum absolute atomic E-state index is 13.3. The topological polar surface area (TPSA) is 81.3 Å². The number of hydrogen-bond donors (Lipinski definition) is 0. The van der Waals surface area contributed by atoms with E-state index in [2.05, 4.69) is 0 Å². The molecule has 0 atom stereocenters. The number of aryl methyl sites for hydroxylation is 2. The number of hydrogen-bond acceptors (Lipinski definition) is 5. The van der Waals surface area contributed by atoms with Crippen LogP contribution >= 0.6 is 0 Å². The van der Waals surface area contributed by atoms with Crippen LogP contribution < -0.4 is 15.8 Å². The van der Waals surface area contributed by atoms with E-state index in [1.807, 2.05) is 6.07 Å². The molecule has 8 heteroatoms. The molecular weight excluding hydrogens is 398 g/mol. The van der Waals surface area contributed by atoms with Gasteiger partial charge in [0.25, 0.3) is 5.56 Å². The minimum absolute atomic E-state index is 0.0624. The summed E-state index contributed by atoms with van der Waals surface area (Å²) in [5.41, 5.74) is 2.04. The molecule has 0 aliphatic heterocycles. The number of halogens is 1. The minimum atomic E-state index is -0.525. The zero-order valence-electron chi connectivity index (χ0n) is 17.2. The van der Waals surface area contributed by atoms with E-state index >= 15 is 0 Å². The summed E-state index contributed by atoms with van der Waals surface area (Å²) in [6.45, 7) is 3.45. The molecule has 0 bridgehead atoms.